The molecule has 0 spiro atoms. The zero-order valence-electron chi connectivity index (χ0n) is 18.5. The number of amides is 1. The lowest BCUT2D eigenvalue weighted by Crippen LogP contribution is -2.32. The van der Waals surface area contributed by atoms with E-state index < -0.39 is 0 Å². The van der Waals surface area contributed by atoms with Crippen molar-refractivity contribution in [2.75, 3.05) is 23.4 Å². The molecule has 0 fully saturated rings. The summed E-state index contributed by atoms with van der Waals surface area (Å²) in [4.78, 5) is 18.7. The summed E-state index contributed by atoms with van der Waals surface area (Å²) < 4.78 is 5.90. The summed E-state index contributed by atoms with van der Waals surface area (Å²) in [5.74, 6) is 3.07. The first-order valence-electron chi connectivity index (χ1n) is 11.1. The van der Waals surface area contributed by atoms with Crippen molar-refractivity contribution in [2.45, 2.75) is 19.4 Å². The van der Waals surface area contributed by atoms with Crippen LogP contribution in [0.1, 0.15) is 23.7 Å². The Kier molecular flexibility index (Phi) is 5.50. The number of benzene rings is 3. The van der Waals surface area contributed by atoms with Crippen molar-refractivity contribution < 1.29 is 9.53 Å². The van der Waals surface area contributed by atoms with Crippen molar-refractivity contribution in [3.8, 4) is 29.2 Å². The minimum absolute atomic E-state index is 0.0588. The number of para-hydroxylation sites is 2. The van der Waals surface area contributed by atoms with Crippen molar-refractivity contribution in [2.24, 2.45) is 0 Å². The highest BCUT2D eigenvalue weighted by molar-refractivity contribution is 6.08. The molecule has 4 aromatic rings. The molecular weight excluding hydrogens is 410 g/mol. The van der Waals surface area contributed by atoms with Crippen LogP contribution < -0.4 is 15.0 Å². The summed E-state index contributed by atoms with van der Waals surface area (Å²) in [6.45, 7) is 2.90. The maximum atomic E-state index is 13.6. The lowest BCUT2D eigenvalue weighted by molar-refractivity contribution is 0.0986. The number of nitrogens with zero attached hydrogens (tertiary/aromatic N) is 1. The Morgan fingerprint density at radius 2 is 2.03 bits per heavy atom. The predicted octanol–water partition coefficient (Wildman–Crippen LogP) is 5.70. The van der Waals surface area contributed by atoms with E-state index in [1.54, 1.807) is 6.07 Å². The van der Waals surface area contributed by atoms with Crippen molar-refractivity contribution >= 4 is 28.2 Å². The van der Waals surface area contributed by atoms with Gasteiger partial charge in [0, 0.05) is 35.4 Å². The number of H-pyrrole nitrogens is 1. The van der Waals surface area contributed by atoms with Crippen LogP contribution in [0.2, 0.25) is 0 Å². The molecule has 0 aliphatic carbocycles. The van der Waals surface area contributed by atoms with E-state index in [4.69, 9.17) is 11.2 Å². The van der Waals surface area contributed by atoms with Crippen LogP contribution in [0.3, 0.4) is 0 Å². The van der Waals surface area contributed by atoms with Crippen LogP contribution in [0.4, 0.5) is 11.4 Å². The number of fused-ring (bicyclic) bond motifs is 2. The summed E-state index contributed by atoms with van der Waals surface area (Å²) in [5.41, 5.74) is 5.40. The minimum atomic E-state index is -0.0588. The second-order valence-electron chi connectivity index (χ2n) is 8.29. The topological polar surface area (TPSA) is 57.4 Å². The number of aromatic amines is 1. The molecule has 2 heterocycles. The molecule has 0 saturated heterocycles. The van der Waals surface area contributed by atoms with Crippen molar-refractivity contribution in [1.29, 1.82) is 0 Å². The highest BCUT2D eigenvalue weighted by Crippen LogP contribution is 2.35. The lowest BCUT2D eigenvalue weighted by atomic mass is 10.0. The Morgan fingerprint density at radius 1 is 1.15 bits per heavy atom. The van der Waals surface area contributed by atoms with Gasteiger partial charge >= 0.3 is 0 Å². The van der Waals surface area contributed by atoms with E-state index in [0.717, 1.165) is 39.8 Å². The molecule has 164 valence electrons. The molecule has 0 radical (unpaired) electrons. The molecule has 5 nitrogen and oxygen atoms in total. The number of nitrogens with one attached hydrogen (secondary N) is 2. The molecular formula is C28H25N3O2. The number of terminal acetylenes is 1. The summed E-state index contributed by atoms with van der Waals surface area (Å²) in [6, 6.07) is 22.0. The molecule has 3 aromatic carbocycles. The van der Waals surface area contributed by atoms with Crippen LogP contribution in [0.25, 0.3) is 22.0 Å². The zero-order chi connectivity index (χ0) is 22.8. The van der Waals surface area contributed by atoms with E-state index in [1.807, 2.05) is 65.7 Å². The molecule has 5 heteroatoms. The fraction of sp³-hybridized carbons (Fsp3) is 0.179. The van der Waals surface area contributed by atoms with E-state index in [-0.39, 0.29) is 18.6 Å². The summed E-state index contributed by atoms with van der Waals surface area (Å²) in [7, 11) is 0. The van der Waals surface area contributed by atoms with Gasteiger partial charge < -0.3 is 19.9 Å². The SMILES string of the molecule is C#CCOc1cc(C(=O)N2CC[C@H](C)Nc3ccccc32)ccc1-c1ccc2[nH]ccc2c1. The van der Waals surface area contributed by atoms with Crippen LogP contribution in [0.5, 0.6) is 5.75 Å². The number of ether oxygens (including phenoxy) is 1. The third kappa shape index (κ3) is 4.04. The Bertz CT molecular complexity index is 1370. The number of rotatable bonds is 4. The summed E-state index contributed by atoms with van der Waals surface area (Å²) in [5, 5.41) is 4.61. The Labute approximate surface area is 193 Å². The van der Waals surface area contributed by atoms with Gasteiger partial charge in [-0.15, -0.1) is 6.42 Å². The molecule has 0 saturated carbocycles. The molecule has 33 heavy (non-hydrogen) atoms. The fourth-order valence-electron chi connectivity index (χ4n) is 4.33. The van der Waals surface area contributed by atoms with E-state index >= 15 is 0 Å². The van der Waals surface area contributed by atoms with Gasteiger partial charge in [0.05, 0.1) is 11.4 Å². The quantitative estimate of drug-likeness (QED) is 0.405. The minimum Gasteiger partial charge on any atom is -0.480 e. The van der Waals surface area contributed by atoms with Gasteiger partial charge in [-0.25, -0.2) is 0 Å². The van der Waals surface area contributed by atoms with Crippen LogP contribution in [-0.2, 0) is 0 Å². The van der Waals surface area contributed by atoms with Gasteiger partial charge in [-0.3, -0.25) is 4.79 Å². The van der Waals surface area contributed by atoms with Gasteiger partial charge in [0.2, 0.25) is 0 Å². The number of carbonyl (C=O) groups excluding carboxylic acids is 1. The van der Waals surface area contributed by atoms with Gasteiger partial charge in [0.1, 0.15) is 12.4 Å². The largest absolute Gasteiger partial charge is 0.480 e. The second-order valence-corrected chi connectivity index (χ2v) is 8.29. The average molecular weight is 436 g/mol. The predicted molar refractivity (Wildman–Crippen MR) is 134 cm³/mol. The number of hydrogen-bond acceptors (Lipinski definition) is 3. The molecule has 1 amide bonds. The lowest BCUT2D eigenvalue weighted by Gasteiger charge is -2.23. The average Bonchev–Trinajstić information content (AvgIpc) is 3.24. The van der Waals surface area contributed by atoms with Crippen LogP contribution in [-0.4, -0.2) is 30.1 Å². The molecule has 1 aliphatic rings. The highest BCUT2D eigenvalue weighted by Gasteiger charge is 2.25. The van der Waals surface area contributed by atoms with Crippen molar-refractivity contribution in [3.63, 3.8) is 0 Å². The maximum absolute atomic E-state index is 13.6. The first-order chi connectivity index (χ1) is 16.1. The molecule has 2 N–H and O–H groups in total. The maximum Gasteiger partial charge on any atom is 0.258 e. The van der Waals surface area contributed by atoms with Gasteiger partial charge in [0.15, 0.2) is 0 Å². The van der Waals surface area contributed by atoms with Gasteiger partial charge in [-0.05, 0) is 72.8 Å². The fourth-order valence-corrected chi connectivity index (χ4v) is 4.33. The molecule has 5 rings (SSSR count). The van der Waals surface area contributed by atoms with Crippen LogP contribution in [0, 0.1) is 12.3 Å². The second kappa shape index (κ2) is 8.76. The molecule has 1 atom stereocenters. The summed E-state index contributed by atoms with van der Waals surface area (Å²) in [6.07, 6.45) is 8.24. The number of hydrogen-bond donors (Lipinski definition) is 2. The van der Waals surface area contributed by atoms with Crippen molar-refractivity contribution in [3.05, 3.63) is 78.5 Å². The normalized spacial score (nSPS) is 15.3. The number of anilines is 2. The van der Waals surface area contributed by atoms with Crippen LogP contribution in [0.15, 0.2) is 72.9 Å². The Hall–Kier alpha value is -4.17. The van der Waals surface area contributed by atoms with Gasteiger partial charge in [0.25, 0.3) is 5.91 Å². The molecule has 0 unspecified atom stereocenters. The highest BCUT2D eigenvalue weighted by atomic mass is 16.5. The standard InChI is InChI=1S/C28H25N3O2/c1-3-16-33-27-18-22(8-10-23(27)20-9-11-24-21(17-20)12-14-29-24)28(32)31-15-13-19(2)30-25-6-4-5-7-26(25)31/h1,4-12,14,17-19,29-30H,13,15-16H2,2H3/t19-/m0/s1. The van der Waals surface area contributed by atoms with E-state index in [0.29, 0.717) is 17.9 Å². The van der Waals surface area contributed by atoms with Crippen molar-refractivity contribution in [1.82, 2.24) is 4.98 Å². The Balaban J connectivity index is 1.53. The van der Waals surface area contributed by atoms with E-state index in [9.17, 15) is 4.79 Å². The first kappa shape index (κ1) is 20.7. The monoisotopic (exact) mass is 435 g/mol. The molecule has 1 aliphatic heterocycles. The first-order valence-corrected chi connectivity index (χ1v) is 11.1. The van der Waals surface area contributed by atoms with Gasteiger partial charge in [-0.2, -0.15) is 0 Å². The third-order valence-corrected chi connectivity index (χ3v) is 6.03. The van der Waals surface area contributed by atoms with Crippen LogP contribution >= 0.6 is 0 Å². The number of aromatic nitrogens is 1. The number of carbonyl (C=O) groups is 1. The summed E-state index contributed by atoms with van der Waals surface area (Å²) >= 11 is 0. The molecule has 0 bridgehead atoms. The zero-order valence-corrected chi connectivity index (χ0v) is 18.5. The Morgan fingerprint density at radius 3 is 2.91 bits per heavy atom. The van der Waals surface area contributed by atoms with E-state index in [2.05, 4.69) is 29.2 Å². The van der Waals surface area contributed by atoms with E-state index in [1.165, 1.54) is 0 Å². The molecule has 1 aromatic heterocycles. The third-order valence-electron chi connectivity index (χ3n) is 6.03. The van der Waals surface area contributed by atoms with Gasteiger partial charge in [-0.1, -0.05) is 24.1 Å². The smallest absolute Gasteiger partial charge is 0.258 e.